The molecule has 1 fully saturated rings. The minimum absolute atomic E-state index is 0.225. The van der Waals surface area contributed by atoms with Crippen LogP contribution in [0.3, 0.4) is 0 Å². The number of nitrogens with zero attached hydrogens (tertiary/aromatic N) is 1. The minimum Gasteiger partial charge on any atom is -0.427 e. The van der Waals surface area contributed by atoms with E-state index in [1.54, 1.807) is 48.5 Å². The molecule has 1 aliphatic carbocycles. The first kappa shape index (κ1) is 24.9. The van der Waals surface area contributed by atoms with Crippen molar-refractivity contribution < 1.29 is 23.9 Å². The molecule has 1 spiro atoms. The molecule has 1 saturated heterocycles. The summed E-state index contributed by atoms with van der Waals surface area (Å²) in [5, 5.41) is 0. The second kappa shape index (κ2) is 9.24. The highest BCUT2D eigenvalue weighted by Crippen LogP contribution is 2.60. The van der Waals surface area contributed by atoms with Gasteiger partial charge in [0.1, 0.15) is 17.2 Å². The van der Waals surface area contributed by atoms with Crippen LogP contribution in [0.5, 0.6) is 5.75 Å². The van der Waals surface area contributed by atoms with Crippen LogP contribution in [0, 0.1) is 5.41 Å². The van der Waals surface area contributed by atoms with E-state index in [-0.39, 0.29) is 17.3 Å². The smallest absolute Gasteiger partial charge is 0.308 e. The molecular weight excluding hydrogens is 514 g/mol. The van der Waals surface area contributed by atoms with E-state index >= 15 is 0 Å². The van der Waals surface area contributed by atoms with Crippen molar-refractivity contribution in [2.75, 3.05) is 4.90 Å². The Morgan fingerprint density at radius 2 is 1.37 bits per heavy atom. The largest absolute Gasteiger partial charge is 0.427 e. The molecule has 4 aromatic rings. The summed E-state index contributed by atoms with van der Waals surface area (Å²) < 4.78 is 5.18. The van der Waals surface area contributed by atoms with Gasteiger partial charge >= 0.3 is 5.97 Å². The fourth-order valence-corrected chi connectivity index (χ4v) is 6.97. The quantitative estimate of drug-likeness (QED) is 0.138. The molecule has 6 heteroatoms. The summed E-state index contributed by atoms with van der Waals surface area (Å²) in [6, 6.07) is 29.0. The molecule has 0 radical (unpaired) electrons. The van der Waals surface area contributed by atoms with Crippen molar-refractivity contribution in [1.82, 2.24) is 0 Å². The SMILES string of the molecule is CC(=O)Oc1ccc(C(=O)[C@H]2[C@H](c3ccccc3)C3(C(=O)c4ccccc4C3=O)[C@H]3C=Cc4ccccc4N23)cc1. The highest BCUT2D eigenvalue weighted by atomic mass is 16.5. The Kier molecular flexibility index (Phi) is 5.61. The highest BCUT2D eigenvalue weighted by molar-refractivity contribution is 6.32. The van der Waals surface area contributed by atoms with Gasteiger partial charge in [0.05, 0.1) is 6.04 Å². The van der Waals surface area contributed by atoms with E-state index in [1.807, 2.05) is 71.6 Å². The van der Waals surface area contributed by atoms with Gasteiger partial charge in [-0.05, 0) is 41.5 Å². The fraction of sp³-hybridized carbons (Fsp3) is 0.143. The third-order valence-corrected chi connectivity index (χ3v) is 8.54. The lowest BCUT2D eigenvalue weighted by Gasteiger charge is -2.37. The second-order valence-electron chi connectivity index (χ2n) is 10.7. The number of anilines is 1. The summed E-state index contributed by atoms with van der Waals surface area (Å²) >= 11 is 0. The van der Waals surface area contributed by atoms with Crippen molar-refractivity contribution in [2.45, 2.75) is 24.9 Å². The lowest BCUT2D eigenvalue weighted by molar-refractivity contribution is -0.131. The Bertz CT molecular complexity index is 1740. The van der Waals surface area contributed by atoms with Gasteiger partial charge in [0.15, 0.2) is 17.3 Å². The molecule has 0 saturated carbocycles. The summed E-state index contributed by atoms with van der Waals surface area (Å²) in [6.07, 6.45) is 3.86. The van der Waals surface area contributed by atoms with Gasteiger partial charge in [-0.3, -0.25) is 19.2 Å². The third-order valence-electron chi connectivity index (χ3n) is 8.54. The lowest BCUT2D eigenvalue weighted by Crippen LogP contribution is -2.48. The van der Waals surface area contributed by atoms with Crippen LogP contribution in [0.25, 0.3) is 6.08 Å². The maximum Gasteiger partial charge on any atom is 0.308 e. The molecule has 3 atom stereocenters. The maximum absolute atomic E-state index is 14.7. The average molecular weight is 540 g/mol. The monoisotopic (exact) mass is 539 g/mol. The lowest BCUT2D eigenvalue weighted by atomic mass is 9.64. The number of ketones is 3. The Balaban J connectivity index is 1.48. The molecule has 41 heavy (non-hydrogen) atoms. The fourth-order valence-electron chi connectivity index (χ4n) is 6.97. The second-order valence-corrected chi connectivity index (χ2v) is 10.7. The van der Waals surface area contributed by atoms with Crippen LogP contribution in [-0.2, 0) is 4.79 Å². The van der Waals surface area contributed by atoms with E-state index in [0.717, 1.165) is 16.8 Å². The van der Waals surface area contributed by atoms with E-state index in [1.165, 1.54) is 6.92 Å². The standard InChI is InChI=1S/C35H25NO5/c1-21(37)41-25-18-15-24(16-19-25)32(38)31-30(23-10-3-2-4-11-23)35(33(39)26-12-6-7-13-27(26)34(35)40)29-20-17-22-9-5-8-14-28(22)36(29)31/h2-20,29-31H,1H3/t29-,30+,31-/m1/s1. The number of benzene rings is 4. The molecule has 2 aliphatic heterocycles. The van der Waals surface area contributed by atoms with E-state index < -0.39 is 29.4 Å². The van der Waals surface area contributed by atoms with Crippen LogP contribution in [-0.4, -0.2) is 35.4 Å². The number of carbonyl (C=O) groups is 4. The predicted octanol–water partition coefficient (Wildman–Crippen LogP) is 5.93. The summed E-state index contributed by atoms with van der Waals surface area (Å²) in [4.78, 5) is 57.3. The number of fused-ring (bicyclic) bond motifs is 5. The number of ether oxygens (including phenoxy) is 1. The Labute approximate surface area is 236 Å². The Morgan fingerprint density at radius 3 is 2.02 bits per heavy atom. The summed E-state index contributed by atoms with van der Waals surface area (Å²) in [5.74, 6) is -1.63. The average Bonchev–Trinajstić information content (AvgIpc) is 3.43. The van der Waals surface area contributed by atoms with Crippen LogP contribution in [0.4, 0.5) is 5.69 Å². The van der Waals surface area contributed by atoms with Crippen LogP contribution in [0.1, 0.15) is 55.0 Å². The molecular formula is C35H25NO5. The van der Waals surface area contributed by atoms with Gasteiger partial charge in [0.25, 0.3) is 0 Å². The van der Waals surface area contributed by atoms with Gasteiger partial charge in [0.2, 0.25) is 0 Å². The topological polar surface area (TPSA) is 80.8 Å². The summed E-state index contributed by atoms with van der Waals surface area (Å²) in [6.45, 7) is 1.32. The zero-order chi connectivity index (χ0) is 28.3. The van der Waals surface area contributed by atoms with Gasteiger partial charge in [-0.1, -0.05) is 84.9 Å². The van der Waals surface area contributed by atoms with Crippen molar-refractivity contribution in [3.8, 4) is 5.75 Å². The third kappa shape index (κ3) is 3.50. The van der Waals surface area contributed by atoms with E-state index in [0.29, 0.717) is 22.4 Å². The van der Waals surface area contributed by atoms with Crippen LogP contribution in [0.2, 0.25) is 0 Å². The predicted molar refractivity (Wildman–Crippen MR) is 154 cm³/mol. The van der Waals surface area contributed by atoms with E-state index in [2.05, 4.69) is 0 Å². The first-order valence-corrected chi connectivity index (χ1v) is 13.5. The zero-order valence-electron chi connectivity index (χ0n) is 22.2. The Hall–Kier alpha value is -5.10. The number of hydrogen-bond acceptors (Lipinski definition) is 6. The van der Waals surface area contributed by atoms with Crippen LogP contribution < -0.4 is 9.64 Å². The van der Waals surface area contributed by atoms with Gasteiger partial charge < -0.3 is 9.64 Å². The highest BCUT2D eigenvalue weighted by Gasteiger charge is 2.71. The molecule has 200 valence electrons. The molecule has 6 nitrogen and oxygen atoms in total. The van der Waals surface area contributed by atoms with Gasteiger partial charge in [-0.2, -0.15) is 0 Å². The minimum atomic E-state index is -1.53. The molecule has 0 N–H and O–H groups in total. The first-order valence-electron chi connectivity index (χ1n) is 13.5. The normalized spacial score (nSPS) is 21.4. The molecule has 0 aromatic heterocycles. The van der Waals surface area contributed by atoms with Crippen molar-refractivity contribution in [3.05, 3.63) is 137 Å². The first-order chi connectivity index (χ1) is 19.9. The van der Waals surface area contributed by atoms with Crippen molar-refractivity contribution in [1.29, 1.82) is 0 Å². The number of Topliss-reactive ketones (excluding diaryl/α,β-unsaturated/α-hetero) is 3. The Morgan fingerprint density at radius 1 is 0.756 bits per heavy atom. The van der Waals surface area contributed by atoms with Crippen molar-refractivity contribution in [3.63, 3.8) is 0 Å². The molecule has 0 unspecified atom stereocenters. The zero-order valence-corrected chi connectivity index (χ0v) is 22.2. The molecule has 7 rings (SSSR count). The molecule has 4 aromatic carbocycles. The van der Waals surface area contributed by atoms with E-state index in [9.17, 15) is 19.2 Å². The van der Waals surface area contributed by atoms with Gasteiger partial charge in [-0.15, -0.1) is 0 Å². The molecule has 2 heterocycles. The number of para-hydroxylation sites is 1. The summed E-state index contributed by atoms with van der Waals surface area (Å²) in [7, 11) is 0. The van der Waals surface area contributed by atoms with E-state index in [4.69, 9.17) is 4.74 Å². The van der Waals surface area contributed by atoms with Gasteiger partial charge in [0, 0.05) is 35.2 Å². The number of carbonyl (C=O) groups excluding carboxylic acids is 4. The number of rotatable bonds is 4. The number of hydrogen-bond donors (Lipinski definition) is 0. The van der Waals surface area contributed by atoms with Crippen molar-refractivity contribution in [2.24, 2.45) is 5.41 Å². The maximum atomic E-state index is 14.7. The van der Waals surface area contributed by atoms with Crippen LogP contribution in [0.15, 0.2) is 109 Å². The van der Waals surface area contributed by atoms with Crippen LogP contribution >= 0.6 is 0 Å². The molecule has 0 amide bonds. The molecule has 3 aliphatic rings. The van der Waals surface area contributed by atoms with Gasteiger partial charge in [-0.25, -0.2) is 0 Å². The van der Waals surface area contributed by atoms with Crippen molar-refractivity contribution >= 4 is 35.1 Å². The molecule has 0 bridgehead atoms. The number of esters is 1. The summed E-state index contributed by atoms with van der Waals surface area (Å²) in [5.41, 5.74) is 2.10.